The molecule has 6 N–H and O–H groups in total. The van der Waals surface area contributed by atoms with Crippen LogP contribution in [0.5, 0.6) is 0 Å². The second kappa shape index (κ2) is 44.9. The van der Waals surface area contributed by atoms with Crippen LogP contribution in [0.4, 0.5) is 0 Å². The number of carbonyl (C=O) groups is 1. The number of phosphoric ester groups is 1. The molecule has 0 aromatic rings. The molecular formula is C55H99O12P. The third-order valence-electron chi connectivity index (χ3n) is 12.4. The van der Waals surface area contributed by atoms with Crippen LogP contribution in [-0.4, -0.2) is 98.9 Å². The Labute approximate surface area is 413 Å². The average molecular weight is 983 g/mol. The van der Waals surface area contributed by atoms with Crippen LogP contribution in [0.25, 0.3) is 0 Å². The Balaban J connectivity index is 2.34. The van der Waals surface area contributed by atoms with Crippen molar-refractivity contribution in [3.63, 3.8) is 0 Å². The van der Waals surface area contributed by atoms with Crippen LogP contribution in [-0.2, 0) is 27.9 Å². The second-order valence-electron chi connectivity index (χ2n) is 18.7. The van der Waals surface area contributed by atoms with Gasteiger partial charge in [-0.2, -0.15) is 0 Å². The molecule has 1 saturated carbocycles. The molecule has 0 aliphatic heterocycles. The summed E-state index contributed by atoms with van der Waals surface area (Å²) in [6.45, 7) is 4.22. The second-order valence-corrected chi connectivity index (χ2v) is 20.1. The number of esters is 1. The normalized spacial score (nSPS) is 21.6. The van der Waals surface area contributed by atoms with E-state index in [0.29, 0.717) is 13.0 Å². The van der Waals surface area contributed by atoms with Crippen LogP contribution in [0.2, 0.25) is 0 Å². The molecule has 1 aliphatic carbocycles. The molecule has 0 amide bonds. The highest BCUT2D eigenvalue weighted by Crippen LogP contribution is 2.47. The molecular weight excluding hydrogens is 884 g/mol. The minimum absolute atomic E-state index is 0.0868. The van der Waals surface area contributed by atoms with E-state index in [2.05, 4.69) is 74.6 Å². The summed E-state index contributed by atoms with van der Waals surface area (Å²) in [5.74, 6) is -0.485. The summed E-state index contributed by atoms with van der Waals surface area (Å²) in [6, 6.07) is 0. The minimum Gasteiger partial charge on any atom is -0.457 e. The van der Waals surface area contributed by atoms with Gasteiger partial charge in [-0.15, -0.1) is 0 Å². The van der Waals surface area contributed by atoms with Gasteiger partial charge in [0.05, 0.1) is 13.2 Å². The lowest BCUT2D eigenvalue weighted by molar-refractivity contribution is -0.220. The van der Waals surface area contributed by atoms with Gasteiger partial charge in [0, 0.05) is 13.0 Å². The van der Waals surface area contributed by atoms with Crippen LogP contribution in [0.3, 0.4) is 0 Å². The fourth-order valence-corrected chi connectivity index (χ4v) is 9.01. The Bertz CT molecular complexity index is 1350. The van der Waals surface area contributed by atoms with Gasteiger partial charge in [-0.25, -0.2) is 4.57 Å². The summed E-state index contributed by atoms with van der Waals surface area (Å²) in [7, 11) is -5.03. The highest BCUT2D eigenvalue weighted by atomic mass is 31.2. The molecule has 0 aromatic heterocycles. The van der Waals surface area contributed by atoms with Gasteiger partial charge >= 0.3 is 13.8 Å². The molecule has 1 rings (SSSR count). The first-order valence-electron chi connectivity index (χ1n) is 27.1. The van der Waals surface area contributed by atoms with Gasteiger partial charge < -0.3 is 39.9 Å². The summed E-state index contributed by atoms with van der Waals surface area (Å²) in [5, 5.41) is 50.4. The number of hydrogen-bond acceptors (Lipinski definition) is 11. The van der Waals surface area contributed by atoms with Gasteiger partial charge in [0.1, 0.15) is 42.7 Å². The molecule has 0 saturated heterocycles. The molecule has 0 heterocycles. The number of aliphatic hydroxyl groups excluding tert-OH is 5. The number of ether oxygens (including phenoxy) is 2. The topological polar surface area (TPSA) is 192 Å². The number of hydrogen-bond donors (Lipinski definition) is 6. The number of phosphoric acid groups is 1. The predicted octanol–water partition coefficient (Wildman–Crippen LogP) is 12.5. The maximum atomic E-state index is 12.9. The summed E-state index contributed by atoms with van der Waals surface area (Å²) in [5.41, 5.74) is 0. The summed E-state index contributed by atoms with van der Waals surface area (Å²) >= 11 is 0. The summed E-state index contributed by atoms with van der Waals surface area (Å²) in [4.78, 5) is 23.3. The van der Waals surface area contributed by atoms with Gasteiger partial charge in [-0.3, -0.25) is 13.8 Å². The molecule has 1 fully saturated rings. The van der Waals surface area contributed by atoms with Gasteiger partial charge in [0.2, 0.25) is 0 Å². The number of carbonyl (C=O) groups excluding carboxylic acids is 1. The molecule has 0 radical (unpaired) electrons. The fourth-order valence-electron chi connectivity index (χ4n) is 8.04. The molecule has 6 unspecified atom stereocenters. The first-order chi connectivity index (χ1) is 33.0. The van der Waals surface area contributed by atoms with Crippen molar-refractivity contribution in [2.24, 2.45) is 0 Å². The van der Waals surface area contributed by atoms with Gasteiger partial charge in [0.15, 0.2) is 0 Å². The predicted molar refractivity (Wildman–Crippen MR) is 276 cm³/mol. The SMILES string of the molecule is CCCCC/C=C\C/C=C\C/C=C\CCCCCCCCCOCC(COP(=O)(O)OC1C(O)C(O)C(O)C(O)C1O)OC(=O)CCCCCCCCCCC/C=C\C/C=C\CCCCCCC. The highest BCUT2D eigenvalue weighted by Gasteiger charge is 2.51. The molecule has 0 bridgehead atoms. The lowest BCUT2D eigenvalue weighted by Gasteiger charge is -2.41. The first kappa shape index (κ1) is 64.1. The molecule has 6 atom stereocenters. The number of aliphatic hydroxyl groups is 5. The van der Waals surface area contributed by atoms with Crippen LogP contribution >= 0.6 is 7.82 Å². The standard InChI is InChI=1S/C55H99O12P/c1-3-5-7-9-11-13-15-17-19-21-23-25-26-28-30-32-34-36-38-40-42-44-49(56)66-48(47-65-68(62,63)67-55-53(60)51(58)50(57)52(59)54(55)61)46-64-45-43-41-39-37-35-33-31-29-27-24-22-20-18-16-14-12-10-8-6-4-2/h12,14-15,17-18,20-21,23-24,27,48,50-55,57-61H,3-11,13,16,19,22,25-26,28-47H2,1-2H3,(H,62,63)/b14-12-,17-15-,20-18-,23-21-,27-24-. The Morgan fingerprint density at radius 2 is 0.824 bits per heavy atom. The monoisotopic (exact) mass is 983 g/mol. The van der Waals surface area contributed by atoms with Crippen molar-refractivity contribution in [3.05, 3.63) is 60.8 Å². The van der Waals surface area contributed by atoms with Crippen LogP contribution in [0, 0.1) is 0 Å². The molecule has 13 heteroatoms. The Morgan fingerprint density at radius 3 is 1.28 bits per heavy atom. The zero-order valence-corrected chi connectivity index (χ0v) is 43.5. The van der Waals surface area contributed by atoms with E-state index in [0.717, 1.165) is 77.0 Å². The maximum absolute atomic E-state index is 12.9. The van der Waals surface area contributed by atoms with E-state index in [9.17, 15) is 39.8 Å². The highest BCUT2D eigenvalue weighted by molar-refractivity contribution is 7.47. The summed E-state index contributed by atoms with van der Waals surface area (Å²) < 4.78 is 34.3. The third kappa shape index (κ3) is 36.0. The van der Waals surface area contributed by atoms with E-state index in [1.165, 1.54) is 116 Å². The fraction of sp³-hybridized carbons (Fsp3) is 0.800. The molecule has 0 aromatic carbocycles. The van der Waals surface area contributed by atoms with Crippen molar-refractivity contribution >= 4 is 13.8 Å². The third-order valence-corrected chi connectivity index (χ3v) is 13.3. The van der Waals surface area contributed by atoms with Gasteiger partial charge in [-0.05, 0) is 83.5 Å². The summed E-state index contributed by atoms with van der Waals surface area (Å²) in [6.07, 6.45) is 45.6. The van der Waals surface area contributed by atoms with E-state index in [1.54, 1.807) is 0 Å². The zero-order valence-electron chi connectivity index (χ0n) is 42.6. The van der Waals surface area contributed by atoms with Gasteiger partial charge in [0.25, 0.3) is 0 Å². The first-order valence-corrected chi connectivity index (χ1v) is 28.6. The quantitative estimate of drug-likeness (QED) is 0.0147. The minimum atomic E-state index is -5.03. The van der Waals surface area contributed by atoms with Crippen LogP contribution in [0.15, 0.2) is 60.8 Å². The maximum Gasteiger partial charge on any atom is 0.472 e. The smallest absolute Gasteiger partial charge is 0.457 e. The largest absolute Gasteiger partial charge is 0.472 e. The Kier molecular flexibility index (Phi) is 42.3. The Hall–Kier alpha value is -1.96. The van der Waals surface area contributed by atoms with E-state index < -0.39 is 63.1 Å². The lowest BCUT2D eigenvalue weighted by Crippen LogP contribution is -2.64. The number of allylic oxidation sites excluding steroid dienone is 10. The van der Waals surface area contributed by atoms with E-state index in [1.807, 2.05) is 0 Å². The van der Waals surface area contributed by atoms with Crippen molar-refractivity contribution in [2.75, 3.05) is 19.8 Å². The van der Waals surface area contributed by atoms with Crippen LogP contribution < -0.4 is 0 Å². The molecule has 1 aliphatic rings. The molecule has 68 heavy (non-hydrogen) atoms. The van der Waals surface area contributed by atoms with Crippen LogP contribution in [0.1, 0.15) is 219 Å². The number of rotatable bonds is 46. The molecule has 12 nitrogen and oxygen atoms in total. The van der Waals surface area contributed by atoms with E-state index in [-0.39, 0.29) is 13.0 Å². The van der Waals surface area contributed by atoms with Gasteiger partial charge in [-0.1, -0.05) is 190 Å². The van der Waals surface area contributed by atoms with Crippen molar-refractivity contribution in [3.8, 4) is 0 Å². The van der Waals surface area contributed by atoms with E-state index >= 15 is 0 Å². The van der Waals surface area contributed by atoms with Crippen molar-refractivity contribution < 1.29 is 58.3 Å². The lowest BCUT2D eigenvalue weighted by atomic mass is 9.85. The number of unbranched alkanes of at least 4 members (excludes halogenated alkanes) is 24. The van der Waals surface area contributed by atoms with Crippen molar-refractivity contribution in [2.45, 2.75) is 262 Å². The molecule has 396 valence electrons. The van der Waals surface area contributed by atoms with E-state index in [4.69, 9.17) is 18.5 Å². The Morgan fingerprint density at radius 1 is 0.471 bits per heavy atom. The van der Waals surface area contributed by atoms with Crippen molar-refractivity contribution in [1.82, 2.24) is 0 Å². The average Bonchev–Trinajstić information content (AvgIpc) is 3.32. The zero-order chi connectivity index (χ0) is 49.8. The molecule has 0 spiro atoms. The van der Waals surface area contributed by atoms with Crippen molar-refractivity contribution in [1.29, 1.82) is 0 Å².